The molecule has 1 fully saturated rings. The molecule has 152 valence electrons. The third kappa shape index (κ3) is 5.30. The van der Waals surface area contributed by atoms with Gasteiger partial charge in [0.05, 0.1) is 17.6 Å². The quantitative estimate of drug-likeness (QED) is 0.666. The minimum atomic E-state index is -0.563. The minimum absolute atomic E-state index is 0.00672. The van der Waals surface area contributed by atoms with Crippen LogP contribution in [0.1, 0.15) is 62.5 Å². The van der Waals surface area contributed by atoms with Gasteiger partial charge < -0.3 is 14.4 Å². The number of amides is 1. The Hall–Kier alpha value is -2.44. The average Bonchev–Trinajstić information content (AvgIpc) is 3.45. The van der Waals surface area contributed by atoms with Crippen LogP contribution in [0, 0.1) is 0 Å². The highest BCUT2D eigenvalue weighted by Gasteiger charge is 2.36. The molecule has 1 amide bonds. The lowest BCUT2D eigenvalue weighted by Crippen LogP contribution is -2.39. The van der Waals surface area contributed by atoms with E-state index in [9.17, 15) is 14.0 Å². The summed E-state index contributed by atoms with van der Waals surface area (Å²) in [6.45, 7) is 6.04. The Labute approximate surface area is 164 Å². The summed E-state index contributed by atoms with van der Waals surface area (Å²) in [5, 5.41) is 0. The minimum Gasteiger partial charge on any atom is -0.473 e. The van der Waals surface area contributed by atoms with Crippen molar-refractivity contribution in [2.75, 3.05) is 13.2 Å². The molecule has 0 bridgehead atoms. The molecular formula is C21H27FN2O4. The van der Waals surface area contributed by atoms with Gasteiger partial charge in [-0.15, -0.1) is 0 Å². The van der Waals surface area contributed by atoms with Gasteiger partial charge in [-0.1, -0.05) is 0 Å². The van der Waals surface area contributed by atoms with Gasteiger partial charge in [0.15, 0.2) is 0 Å². The summed E-state index contributed by atoms with van der Waals surface area (Å²) in [6.07, 6.45) is 3.61. The molecule has 0 radical (unpaired) electrons. The summed E-state index contributed by atoms with van der Waals surface area (Å²) in [5.41, 5.74) is 1.13. The summed E-state index contributed by atoms with van der Waals surface area (Å²) in [7, 11) is 0. The Morgan fingerprint density at radius 3 is 2.71 bits per heavy atom. The first-order chi connectivity index (χ1) is 13.3. The third-order valence-electron chi connectivity index (χ3n) is 4.65. The molecule has 7 heteroatoms. The Bertz CT molecular complexity index is 781. The molecule has 28 heavy (non-hydrogen) atoms. The number of esters is 1. The highest BCUT2D eigenvalue weighted by molar-refractivity contribution is 5.96. The van der Waals surface area contributed by atoms with Crippen molar-refractivity contribution < 1.29 is 23.5 Å². The van der Waals surface area contributed by atoms with Gasteiger partial charge in [-0.2, -0.15) is 0 Å². The maximum Gasteiger partial charge on any atom is 0.306 e. The average molecular weight is 390 g/mol. The Morgan fingerprint density at radius 2 is 2.07 bits per heavy atom. The van der Waals surface area contributed by atoms with Crippen molar-refractivity contribution in [3.63, 3.8) is 0 Å². The van der Waals surface area contributed by atoms with Gasteiger partial charge >= 0.3 is 5.97 Å². The van der Waals surface area contributed by atoms with Crippen molar-refractivity contribution in [3.05, 3.63) is 35.3 Å². The molecule has 0 saturated heterocycles. The second kappa shape index (κ2) is 8.29. The van der Waals surface area contributed by atoms with E-state index in [1.165, 1.54) is 0 Å². The zero-order chi connectivity index (χ0) is 20.3. The van der Waals surface area contributed by atoms with Gasteiger partial charge in [-0.3, -0.25) is 9.59 Å². The van der Waals surface area contributed by atoms with Crippen molar-refractivity contribution in [1.29, 1.82) is 0 Å². The van der Waals surface area contributed by atoms with Crippen LogP contribution in [0.2, 0.25) is 0 Å². The number of pyridine rings is 1. The summed E-state index contributed by atoms with van der Waals surface area (Å²) in [4.78, 5) is 30.6. The number of carbonyl (C=O) groups excluding carboxylic acids is 2. The lowest BCUT2D eigenvalue weighted by atomic mass is 10.0. The molecule has 0 N–H and O–H groups in total. The topological polar surface area (TPSA) is 68.7 Å². The summed E-state index contributed by atoms with van der Waals surface area (Å²) in [5.74, 6) is 0.00466. The van der Waals surface area contributed by atoms with E-state index >= 15 is 0 Å². The summed E-state index contributed by atoms with van der Waals surface area (Å²) < 4.78 is 23.9. The van der Waals surface area contributed by atoms with Crippen molar-refractivity contribution in [1.82, 2.24) is 9.88 Å². The van der Waals surface area contributed by atoms with E-state index in [1.54, 1.807) is 32.9 Å². The van der Waals surface area contributed by atoms with Gasteiger partial charge in [-0.05, 0) is 51.7 Å². The zero-order valence-electron chi connectivity index (χ0n) is 16.7. The molecule has 2 aliphatic rings. The number of ether oxygens (including phenoxy) is 2. The monoisotopic (exact) mass is 390 g/mol. The van der Waals surface area contributed by atoms with E-state index in [2.05, 4.69) is 4.98 Å². The van der Waals surface area contributed by atoms with E-state index in [4.69, 9.17) is 9.47 Å². The second-order valence-electron chi connectivity index (χ2n) is 8.27. The van der Waals surface area contributed by atoms with Crippen molar-refractivity contribution in [3.8, 4) is 5.88 Å². The Morgan fingerprint density at radius 1 is 1.32 bits per heavy atom. The normalized spacial score (nSPS) is 17.4. The predicted molar refractivity (Wildman–Crippen MR) is 102 cm³/mol. The first-order valence-corrected chi connectivity index (χ1v) is 9.70. The van der Waals surface area contributed by atoms with Crippen LogP contribution in [0.25, 0.3) is 0 Å². The standard InChI is InChI=1S/C21H27FN2O4/c1-21(2,3)28-19(25)9-4-14(12-22)13-27-18-8-7-16-17(23-18)10-11-24(20(16)26)15-5-6-15/h7-8,12,15H,4-6,9-11,13H2,1-3H3/b14-12-. The molecule has 0 spiro atoms. The van der Waals surface area contributed by atoms with Gasteiger partial charge in [0.1, 0.15) is 12.2 Å². The van der Waals surface area contributed by atoms with Crippen LogP contribution in [0.5, 0.6) is 5.88 Å². The third-order valence-corrected chi connectivity index (χ3v) is 4.65. The second-order valence-corrected chi connectivity index (χ2v) is 8.27. The van der Waals surface area contributed by atoms with Crippen LogP contribution >= 0.6 is 0 Å². The molecule has 1 saturated carbocycles. The number of hydrogen-bond donors (Lipinski definition) is 0. The molecule has 1 aliphatic heterocycles. The highest BCUT2D eigenvalue weighted by atomic mass is 19.1. The first-order valence-electron chi connectivity index (χ1n) is 9.70. The van der Waals surface area contributed by atoms with E-state index in [-0.39, 0.29) is 31.3 Å². The molecule has 0 unspecified atom stereocenters. The number of nitrogens with zero attached hydrogens (tertiary/aromatic N) is 2. The summed E-state index contributed by atoms with van der Waals surface area (Å²) >= 11 is 0. The lowest BCUT2D eigenvalue weighted by Gasteiger charge is -2.28. The van der Waals surface area contributed by atoms with Crippen LogP contribution in [0.15, 0.2) is 24.0 Å². The molecule has 2 heterocycles. The largest absolute Gasteiger partial charge is 0.473 e. The van der Waals surface area contributed by atoms with Gasteiger partial charge in [0.25, 0.3) is 5.91 Å². The molecule has 1 aromatic rings. The van der Waals surface area contributed by atoms with E-state index in [0.29, 0.717) is 42.4 Å². The predicted octanol–water partition coefficient (Wildman–Crippen LogP) is 3.60. The highest BCUT2D eigenvalue weighted by Crippen LogP contribution is 2.31. The maximum absolute atomic E-state index is 13.1. The van der Waals surface area contributed by atoms with E-state index < -0.39 is 5.60 Å². The van der Waals surface area contributed by atoms with Crippen molar-refractivity contribution in [2.24, 2.45) is 0 Å². The van der Waals surface area contributed by atoms with Crippen molar-refractivity contribution >= 4 is 11.9 Å². The smallest absolute Gasteiger partial charge is 0.306 e. The van der Waals surface area contributed by atoms with Gasteiger partial charge in [0.2, 0.25) is 5.88 Å². The first kappa shape index (κ1) is 20.3. The number of fused-ring (bicyclic) bond motifs is 1. The number of hydrogen-bond acceptors (Lipinski definition) is 5. The van der Waals surface area contributed by atoms with Crippen molar-refractivity contribution in [2.45, 2.75) is 64.5 Å². The molecule has 6 nitrogen and oxygen atoms in total. The number of rotatable bonds is 7. The maximum atomic E-state index is 13.1. The Kier molecular flexibility index (Phi) is 6.01. The van der Waals surface area contributed by atoms with Crippen LogP contribution < -0.4 is 4.74 Å². The number of carbonyl (C=O) groups is 2. The van der Waals surface area contributed by atoms with Crippen LogP contribution in [0.4, 0.5) is 4.39 Å². The van der Waals surface area contributed by atoms with Crippen LogP contribution in [0.3, 0.4) is 0 Å². The van der Waals surface area contributed by atoms with Crippen LogP contribution in [-0.2, 0) is 16.0 Å². The number of aromatic nitrogens is 1. The molecular weight excluding hydrogens is 363 g/mol. The molecule has 3 rings (SSSR count). The Balaban J connectivity index is 1.53. The van der Waals surface area contributed by atoms with Gasteiger partial charge in [0, 0.05) is 31.5 Å². The zero-order valence-corrected chi connectivity index (χ0v) is 16.7. The lowest BCUT2D eigenvalue weighted by molar-refractivity contribution is -0.154. The molecule has 1 aliphatic carbocycles. The molecule has 0 aromatic carbocycles. The molecule has 0 atom stereocenters. The fourth-order valence-electron chi connectivity index (χ4n) is 3.14. The SMILES string of the molecule is CC(C)(C)OC(=O)CC/C(=C/F)COc1ccc2c(n1)CCN(C1CC1)C2=O. The fourth-order valence-corrected chi connectivity index (χ4v) is 3.14. The van der Waals surface area contributed by atoms with Crippen LogP contribution in [-0.4, -0.2) is 46.6 Å². The fraction of sp³-hybridized carbons (Fsp3) is 0.571. The van der Waals surface area contributed by atoms with Gasteiger partial charge in [-0.25, -0.2) is 9.37 Å². The van der Waals surface area contributed by atoms with E-state index in [1.807, 2.05) is 4.90 Å². The number of halogens is 1. The van der Waals surface area contributed by atoms with E-state index in [0.717, 1.165) is 18.5 Å². The molecule has 1 aromatic heterocycles. The summed E-state index contributed by atoms with van der Waals surface area (Å²) in [6, 6.07) is 3.75.